The van der Waals surface area contributed by atoms with Gasteiger partial charge in [0.25, 0.3) is 5.91 Å². The number of nitrogens with zero attached hydrogens (tertiary/aromatic N) is 4. The predicted octanol–water partition coefficient (Wildman–Crippen LogP) is 4.41. The summed E-state index contributed by atoms with van der Waals surface area (Å²) in [6.07, 6.45) is -2.32. The van der Waals surface area contributed by atoms with Gasteiger partial charge in [0.2, 0.25) is 0 Å². The zero-order valence-electron chi connectivity index (χ0n) is 21.5. The number of benzene rings is 2. The first-order valence-corrected chi connectivity index (χ1v) is 12.0. The molecule has 0 radical (unpaired) electrons. The average Bonchev–Trinajstić information content (AvgIpc) is 2.92. The van der Waals surface area contributed by atoms with Gasteiger partial charge in [0, 0.05) is 17.7 Å². The molecule has 0 unspecified atom stereocenters. The molecule has 0 aliphatic rings. The van der Waals surface area contributed by atoms with Crippen LogP contribution in [0, 0.1) is 0 Å². The van der Waals surface area contributed by atoms with Crippen molar-refractivity contribution in [1.29, 1.82) is 0 Å². The molecule has 1 aromatic heterocycles. The maximum atomic E-state index is 13.2. The Balaban J connectivity index is 1.89. The number of ether oxygens (including phenoxy) is 1. The van der Waals surface area contributed by atoms with Gasteiger partial charge in [-0.25, -0.2) is 9.78 Å². The van der Waals surface area contributed by atoms with Crippen molar-refractivity contribution in [2.24, 2.45) is 0 Å². The van der Waals surface area contributed by atoms with Crippen LogP contribution in [0.2, 0.25) is 0 Å². The van der Waals surface area contributed by atoms with Crippen molar-refractivity contribution >= 4 is 23.4 Å². The largest absolute Gasteiger partial charge is 0.508 e. The van der Waals surface area contributed by atoms with E-state index in [1.807, 2.05) is 18.7 Å². The smallest absolute Gasteiger partial charge is 0.493 e. The van der Waals surface area contributed by atoms with Crippen LogP contribution in [0.3, 0.4) is 0 Å². The standard InChI is InChI=1S/C26H28F3N5O5/c1-4-33(5-2)12-13-34(39-25(37)26(27,28)29)24(36)18-8-11-22(38-3)20(14-18)31-23-16-30-15-21(32-23)17-6-9-19(35)10-7-17/h6-11,14-16,35H,4-5,12-13H2,1-3H3,(H,31,32). The molecule has 208 valence electrons. The summed E-state index contributed by atoms with van der Waals surface area (Å²) >= 11 is 0. The van der Waals surface area contributed by atoms with E-state index in [1.165, 1.54) is 49.8 Å². The van der Waals surface area contributed by atoms with Crippen LogP contribution in [0.15, 0.2) is 54.9 Å². The maximum Gasteiger partial charge on any atom is 0.493 e. The molecule has 0 aliphatic heterocycles. The van der Waals surface area contributed by atoms with E-state index < -0.39 is 18.1 Å². The Morgan fingerprint density at radius 2 is 1.72 bits per heavy atom. The van der Waals surface area contributed by atoms with Gasteiger partial charge < -0.3 is 24.9 Å². The van der Waals surface area contributed by atoms with Crippen molar-refractivity contribution in [3.63, 3.8) is 0 Å². The number of alkyl halides is 3. The second kappa shape index (κ2) is 12.9. The summed E-state index contributed by atoms with van der Waals surface area (Å²) in [5.41, 5.74) is 1.39. The lowest BCUT2D eigenvalue weighted by molar-refractivity contribution is -0.228. The number of phenols is 1. The number of carbonyl (C=O) groups excluding carboxylic acids is 2. The highest BCUT2D eigenvalue weighted by Gasteiger charge is 2.43. The van der Waals surface area contributed by atoms with Crippen molar-refractivity contribution in [2.75, 3.05) is 38.6 Å². The number of methoxy groups -OCH3 is 1. The number of amides is 1. The molecule has 10 nitrogen and oxygen atoms in total. The van der Waals surface area contributed by atoms with Gasteiger partial charge in [-0.2, -0.15) is 18.2 Å². The first kappa shape index (κ1) is 29.2. The molecule has 0 atom stereocenters. The minimum Gasteiger partial charge on any atom is -0.508 e. The molecule has 0 fully saturated rings. The number of anilines is 2. The molecule has 3 aromatic rings. The summed E-state index contributed by atoms with van der Waals surface area (Å²) in [5.74, 6) is -2.76. The number of aromatic nitrogens is 2. The number of hydrogen-bond donors (Lipinski definition) is 2. The Hall–Kier alpha value is -4.39. The molecule has 0 saturated carbocycles. The van der Waals surface area contributed by atoms with Crippen LogP contribution in [0.4, 0.5) is 24.7 Å². The van der Waals surface area contributed by atoms with Gasteiger partial charge in [-0.05, 0) is 55.6 Å². The first-order valence-electron chi connectivity index (χ1n) is 12.0. The normalized spacial score (nSPS) is 11.3. The molecule has 13 heteroatoms. The Labute approximate surface area is 222 Å². The Morgan fingerprint density at radius 1 is 1.03 bits per heavy atom. The molecule has 3 rings (SSSR count). The number of likely N-dealkylation sites (N-methyl/N-ethyl adjacent to an activating group) is 1. The summed E-state index contributed by atoms with van der Waals surface area (Å²) in [4.78, 5) is 39.7. The highest BCUT2D eigenvalue weighted by atomic mass is 19.4. The molecule has 2 aromatic carbocycles. The van der Waals surface area contributed by atoms with Gasteiger partial charge in [0.1, 0.15) is 17.3 Å². The van der Waals surface area contributed by atoms with Crippen LogP contribution in [0.25, 0.3) is 11.3 Å². The number of hydrogen-bond acceptors (Lipinski definition) is 9. The molecule has 0 saturated heterocycles. The Kier molecular flexibility index (Phi) is 9.66. The van der Waals surface area contributed by atoms with Crippen molar-refractivity contribution in [3.05, 3.63) is 60.4 Å². The summed E-state index contributed by atoms with van der Waals surface area (Å²) in [5, 5.41) is 12.9. The number of nitrogens with one attached hydrogen (secondary N) is 1. The van der Waals surface area contributed by atoms with E-state index in [4.69, 9.17) is 4.74 Å². The Bertz CT molecular complexity index is 1280. The predicted molar refractivity (Wildman–Crippen MR) is 136 cm³/mol. The highest BCUT2D eigenvalue weighted by molar-refractivity contribution is 5.96. The van der Waals surface area contributed by atoms with E-state index >= 15 is 0 Å². The molecule has 2 N–H and O–H groups in total. The van der Waals surface area contributed by atoms with Crippen LogP contribution < -0.4 is 10.1 Å². The van der Waals surface area contributed by atoms with Gasteiger partial charge in [-0.1, -0.05) is 13.8 Å². The number of halogens is 3. The number of rotatable bonds is 10. The third-order valence-electron chi connectivity index (χ3n) is 5.67. The molecular weight excluding hydrogens is 519 g/mol. The van der Waals surface area contributed by atoms with E-state index in [2.05, 4.69) is 20.1 Å². The van der Waals surface area contributed by atoms with E-state index in [1.54, 1.807) is 12.1 Å². The third kappa shape index (κ3) is 7.80. The van der Waals surface area contributed by atoms with Crippen LogP contribution in [0.1, 0.15) is 24.2 Å². The SMILES string of the molecule is CCN(CC)CCN(OC(=O)C(F)(F)F)C(=O)c1ccc(OC)c(Nc2cncc(-c3ccc(O)cc3)n2)c1. The van der Waals surface area contributed by atoms with E-state index in [0.29, 0.717) is 35.2 Å². The fourth-order valence-electron chi connectivity index (χ4n) is 3.53. The lowest BCUT2D eigenvalue weighted by Crippen LogP contribution is -2.42. The fraction of sp³-hybridized carbons (Fsp3) is 0.308. The number of hydroxylamine groups is 2. The summed E-state index contributed by atoms with van der Waals surface area (Å²) < 4.78 is 44.1. The molecule has 1 heterocycles. The minimum atomic E-state index is -5.28. The van der Waals surface area contributed by atoms with Crippen LogP contribution in [-0.4, -0.2) is 76.4 Å². The lowest BCUT2D eigenvalue weighted by Gasteiger charge is -2.25. The van der Waals surface area contributed by atoms with Gasteiger partial charge in [0.15, 0.2) is 0 Å². The molecule has 1 amide bonds. The number of phenolic OH excluding ortho intramolecular Hbond substituents is 1. The van der Waals surface area contributed by atoms with Crippen molar-refractivity contribution in [3.8, 4) is 22.8 Å². The zero-order valence-corrected chi connectivity index (χ0v) is 21.5. The van der Waals surface area contributed by atoms with Gasteiger partial charge in [0.05, 0.1) is 37.4 Å². The van der Waals surface area contributed by atoms with Gasteiger partial charge >= 0.3 is 12.1 Å². The Morgan fingerprint density at radius 3 is 2.33 bits per heavy atom. The summed E-state index contributed by atoms with van der Waals surface area (Å²) in [6, 6.07) is 10.5. The monoisotopic (exact) mass is 547 g/mol. The first-order chi connectivity index (χ1) is 18.5. The van der Waals surface area contributed by atoms with Crippen LogP contribution >= 0.6 is 0 Å². The van der Waals surface area contributed by atoms with Crippen LogP contribution in [0.5, 0.6) is 11.5 Å². The highest BCUT2D eigenvalue weighted by Crippen LogP contribution is 2.30. The third-order valence-corrected chi connectivity index (χ3v) is 5.67. The van der Waals surface area contributed by atoms with E-state index in [9.17, 15) is 27.9 Å². The second-order valence-electron chi connectivity index (χ2n) is 8.19. The number of carbonyl (C=O) groups is 2. The number of aromatic hydroxyl groups is 1. The van der Waals surface area contributed by atoms with Crippen molar-refractivity contribution < 1.29 is 37.4 Å². The minimum absolute atomic E-state index is 0.0598. The summed E-state index contributed by atoms with van der Waals surface area (Å²) in [7, 11) is 1.40. The van der Waals surface area contributed by atoms with Gasteiger partial charge in [-0.15, -0.1) is 0 Å². The average molecular weight is 548 g/mol. The molecule has 0 aliphatic carbocycles. The molecule has 0 bridgehead atoms. The van der Waals surface area contributed by atoms with Crippen molar-refractivity contribution in [1.82, 2.24) is 19.9 Å². The zero-order chi connectivity index (χ0) is 28.6. The van der Waals surface area contributed by atoms with E-state index in [0.717, 1.165) is 0 Å². The molecular formula is C26H28F3N5O5. The molecule has 0 spiro atoms. The lowest BCUT2D eigenvalue weighted by atomic mass is 10.1. The van der Waals surface area contributed by atoms with Crippen molar-refractivity contribution in [2.45, 2.75) is 20.0 Å². The van der Waals surface area contributed by atoms with Gasteiger partial charge in [-0.3, -0.25) is 9.78 Å². The second-order valence-corrected chi connectivity index (χ2v) is 8.19. The fourth-order valence-corrected chi connectivity index (χ4v) is 3.53. The topological polar surface area (TPSA) is 117 Å². The maximum absolute atomic E-state index is 13.2. The van der Waals surface area contributed by atoms with E-state index in [-0.39, 0.29) is 35.9 Å². The molecule has 39 heavy (non-hydrogen) atoms. The van der Waals surface area contributed by atoms with Crippen LogP contribution in [-0.2, 0) is 9.63 Å². The quantitative estimate of drug-likeness (QED) is 0.356. The summed E-state index contributed by atoms with van der Waals surface area (Å²) in [6.45, 7) is 4.80.